The molecule has 1 heterocycles. The third kappa shape index (κ3) is 3.48. The highest BCUT2D eigenvalue weighted by molar-refractivity contribution is 7.89. The van der Waals surface area contributed by atoms with Crippen molar-refractivity contribution >= 4 is 15.7 Å². The van der Waals surface area contributed by atoms with Crippen LogP contribution in [0.2, 0.25) is 0 Å². The Kier molecular flexibility index (Phi) is 5.08. The van der Waals surface area contributed by atoms with Crippen LogP contribution in [0.15, 0.2) is 23.1 Å². The van der Waals surface area contributed by atoms with Gasteiger partial charge in [-0.15, -0.1) is 0 Å². The van der Waals surface area contributed by atoms with Crippen molar-refractivity contribution < 1.29 is 18.3 Å². The van der Waals surface area contributed by atoms with Crippen molar-refractivity contribution in [3.05, 3.63) is 18.2 Å². The average Bonchev–Trinajstić information content (AvgIpc) is 2.48. The summed E-state index contributed by atoms with van der Waals surface area (Å²) >= 11 is 0. The Morgan fingerprint density at radius 2 is 2.24 bits per heavy atom. The van der Waals surface area contributed by atoms with Crippen LogP contribution in [0.3, 0.4) is 0 Å². The van der Waals surface area contributed by atoms with E-state index in [0.29, 0.717) is 30.9 Å². The number of sulfonamides is 1. The summed E-state index contributed by atoms with van der Waals surface area (Å²) in [7, 11) is -2.09. The number of benzene rings is 1. The van der Waals surface area contributed by atoms with Gasteiger partial charge < -0.3 is 15.6 Å². The fraction of sp³-hybridized carbons (Fsp3) is 0.571. The Balaban J connectivity index is 2.25. The molecule has 1 aliphatic heterocycles. The summed E-state index contributed by atoms with van der Waals surface area (Å²) < 4.78 is 31.9. The zero-order valence-corrected chi connectivity index (χ0v) is 13.0. The number of hydrogen-bond donors (Lipinski definition) is 2. The molecule has 7 heteroatoms. The molecule has 1 atom stereocenters. The van der Waals surface area contributed by atoms with Crippen molar-refractivity contribution in [1.29, 1.82) is 0 Å². The van der Waals surface area contributed by atoms with Crippen molar-refractivity contribution in [2.75, 3.05) is 32.5 Å². The largest absolute Gasteiger partial charge is 0.495 e. The number of aliphatic hydroxyl groups is 1. The number of piperidine rings is 1. The quantitative estimate of drug-likeness (QED) is 0.793. The molecule has 1 aromatic carbocycles. The second-order valence-corrected chi connectivity index (χ2v) is 7.23. The third-order valence-electron chi connectivity index (χ3n) is 3.86. The van der Waals surface area contributed by atoms with Gasteiger partial charge >= 0.3 is 0 Å². The highest BCUT2D eigenvalue weighted by Gasteiger charge is 2.30. The van der Waals surface area contributed by atoms with Gasteiger partial charge in [-0.2, -0.15) is 4.31 Å². The van der Waals surface area contributed by atoms with E-state index in [4.69, 9.17) is 15.6 Å². The van der Waals surface area contributed by atoms with Crippen LogP contribution >= 0.6 is 0 Å². The SMILES string of the molecule is COc1cc(S(=O)(=O)N2CCCC(CCO)C2)ccc1N. The summed E-state index contributed by atoms with van der Waals surface area (Å²) in [5.74, 6) is 0.578. The minimum atomic E-state index is -3.55. The minimum absolute atomic E-state index is 0.0915. The fourth-order valence-electron chi connectivity index (χ4n) is 2.66. The summed E-state index contributed by atoms with van der Waals surface area (Å²) in [5, 5.41) is 9.03. The van der Waals surface area contributed by atoms with Crippen molar-refractivity contribution in [2.45, 2.75) is 24.2 Å². The number of rotatable bonds is 5. The smallest absolute Gasteiger partial charge is 0.243 e. The van der Waals surface area contributed by atoms with E-state index in [1.807, 2.05) is 0 Å². The Bertz CT molecular complexity index is 587. The second kappa shape index (κ2) is 6.64. The summed E-state index contributed by atoms with van der Waals surface area (Å²) in [5.41, 5.74) is 6.13. The molecule has 0 bridgehead atoms. The predicted molar refractivity (Wildman–Crippen MR) is 80.6 cm³/mol. The molecule has 1 fully saturated rings. The molecule has 2 rings (SSSR count). The molecule has 1 aliphatic rings. The number of ether oxygens (including phenoxy) is 1. The standard InChI is InChI=1S/C14H22N2O4S/c1-20-14-9-12(4-5-13(14)15)21(18,19)16-7-2-3-11(10-16)6-8-17/h4-5,9,11,17H,2-3,6-8,10,15H2,1H3. The van der Waals surface area contributed by atoms with Gasteiger partial charge in [0.05, 0.1) is 17.7 Å². The molecule has 0 amide bonds. The first-order valence-corrected chi connectivity index (χ1v) is 8.47. The van der Waals surface area contributed by atoms with Crippen LogP contribution in [0.4, 0.5) is 5.69 Å². The minimum Gasteiger partial charge on any atom is -0.495 e. The first-order valence-electron chi connectivity index (χ1n) is 7.03. The van der Waals surface area contributed by atoms with Crippen LogP contribution < -0.4 is 10.5 Å². The van der Waals surface area contributed by atoms with Crippen LogP contribution in [-0.2, 0) is 10.0 Å². The molecule has 6 nitrogen and oxygen atoms in total. The monoisotopic (exact) mass is 314 g/mol. The summed E-state index contributed by atoms with van der Waals surface area (Å²) in [6, 6.07) is 4.50. The van der Waals surface area contributed by atoms with Gasteiger partial charge in [0.25, 0.3) is 0 Å². The molecule has 118 valence electrons. The lowest BCUT2D eigenvalue weighted by Gasteiger charge is -2.31. The average molecular weight is 314 g/mol. The van der Waals surface area contributed by atoms with Gasteiger partial charge in [0, 0.05) is 25.8 Å². The van der Waals surface area contributed by atoms with Gasteiger partial charge in [0.15, 0.2) is 0 Å². The highest BCUT2D eigenvalue weighted by atomic mass is 32.2. The molecule has 1 unspecified atom stereocenters. The van der Waals surface area contributed by atoms with E-state index in [2.05, 4.69) is 0 Å². The lowest BCUT2D eigenvalue weighted by molar-refractivity contribution is 0.203. The Hall–Kier alpha value is -1.31. The molecular formula is C14H22N2O4S. The maximum Gasteiger partial charge on any atom is 0.243 e. The molecule has 0 radical (unpaired) electrons. The molecule has 0 spiro atoms. The van der Waals surface area contributed by atoms with E-state index in [1.54, 1.807) is 6.07 Å². The third-order valence-corrected chi connectivity index (χ3v) is 5.72. The first kappa shape index (κ1) is 16.1. The molecule has 0 saturated carbocycles. The zero-order chi connectivity index (χ0) is 15.5. The van der Waals surface area contributed by atoms with E-state index < -0.39 is 10.0 Å². The van der Waals surface area contributed by atoms with Crippen LogP contribution in [0.1, 0.15) is 19.3 Å². The van der Waals surface area contributed by atoms with E-state index in [9.17, 15) is 8.42 Å². The van der Waals surface area contributed by atoms with Crippen molar-refractivity contribution in [3.63, 3.8) is 0 Å². The highest BCUT2D eigenvalue weighted by Crippen LogP contribution is 2.29. The molecule has 0 aromatic heterocycles. The number of anilines is 1. The Labute approximate surface area is 125 Å². The Morgan fingerprint density at radius 3 is 2.90 bits per heavy atom. The lowest BCUT2D eigenvalue weighted by Crippen LogP contribution is -2.40. The second-order valence-electron chi connectivity index (χ2n) is 5.29. The van der Waals surface area contributed by atoms with Gasteiger partial charge in [-0.3, -0.25) is 0 Å². The van der Waals surface area contributed by atoms with Crippen LogP contribution in [-0.4, -0.2) is 44.6 Å². The maximum absolute atomic E-state index is 12.7. The van der Waals surface area contributed by atoms with E-state index in [1.165, 1.54) is 23.5 Å². The predicted octanol–water partition coefficient (Wildman–Crippen LogP) is 1.06. The molecular weight excluding hydrogens is 292 g/mol. The molecule has 0 aliphatic carbocycles. The molecule has 21 heavy (non-hydrogen) atoms. The van der Waals surface area contributed by atoms with E-state index in [0.717, 1.165) is 12.8 Å². The molecule has 3 N–H and O–H groups in total. The van der Waals surface area contributed by atoms with Crippen LogP contribution in [0.25, 0.3) is 0 Å². The van der Waals surface area contributed by atoms with E-state index in [-0.39, 0.29) is 17.4 Å². The van der Waals surface area contributed by atoms with E-state index >= 15 is 0 Å². The topological polar surface area (TPSA) is 92.9 Å². The fourth-order valence-corrected chi connectivity index (χ4v) is 4.24. The molecule has 1 saturated heterocycles. The number of nitrogens with zero attached hydrogens (tertiary/aromatic N) is 1. The van der Waals surface area contributed by atoms with Gasteiger partial charge in [0.2, 0.25) is 10.0 Å². The van der Waals surface area contributed by atoms with Crippen molar-refractivity contribution in [1.82, 2.24) is 4.31 Å². The number of hydrogen-bond acceptors (Lipinski definition) is 5. The summed E-state index contributed by atoms with van der Waals surface area (Å²) in [6.07, 6.45) is 2.41. The maximum atomic E-state index is 12.7. The number of nitrogens with two attached hydrogens (primary N) is 1. The summed E-state index contributed by atoms with van der Waals surface area (Å²) in [6.45, 7) is 1.06. The van der Waals surface area contributed by atoms with Gasteiger partial charge in [0.1, 0.15) is 5.75 Å². The zero-order valence-electron chi connectivity index (χ0n) is 12.2. The summed E-state index contributed by atoms with van der Waals surface area (Å²) in [4.78, 5) is 0.193. The van der Waals surface area contributed by atoms with Crippen LogP contribution in [0, 0.1) is 5.92 Å². The number of nitrogen functional groups attached to an aromatic ring is 1. The number of aliphatic hydroxyl groups excluding tert-OH is 1. The van der Waals surface area contributed by atoms with Crippen molar-refractivity contribution in [3.8, 4) is 5.75 Å². The normalized spacial score (nSPS) is 20.4. The van der Waals surface area contributed by atoms with Gasteiger partial charge in [-0.1, -0.05) is 0 Å². The number of methoxy groups -OCH3 is 1. The van der Waals surface area contributed by atoms with Gasteiger partial charge in [-0.05, 0) is 37.3 Å². The lowest BCUT2D eigenvalue weighted by atomic mass is 9.97. The first-order chi connectivity index (χ1) is 9.98. The van der Waals surface area contributed by atoms with Gasteiger partial charge in [-0.25, -0.2) is 8.42 Å². The van der Waals surface area contributed by atoms with Crippen molar-refractivity contribution in [2.24, 2.45) is 5.92 Å². The Morgan fingerprint density at radius 1 is 1.48 bits per heavy atom. The molecule has 1 aromatic rings. The van der Waals surface area contributed by atoms with Crippen LogP contribution in [0.5, 0.6) is 5.75 Å².